The van der Waals surface area contributed by atoms with E-state index in [9.17, 15) is 4.79 Å². The molecule has 0 radical (unpaired) electrons. The highest BCUT2D eigenvalue weighted by atomic mass is 35.5. The maximum atomic E-state index is 11.5. The van der Waals surface area contributed by atoms with Gasteiger partial charge in [0, 0.05) is 29.0 Å². The van der Waals surface area contributed by atoms with E-state index in [0.29, 0.717) is 11.7 Å². The second kappa shape index (κ2) is 7.64. The van der Waals surface area contributed by atoms with Gasteiger partial charge in [-0.25, -0.2) is 4.79 Å². The van der Waals surface area contributed by atoms with Gasteiger partial charge in [0.25, 0.3) is 0 Å². The van der Waals surface area contributed by atoms with E-state index in [1.807, 2.05) is 6.07 Å². The molecule has 3 rings (SSSR count). The Morgan fingerprint density at radius 3 is 2.81 bits per heavy atom. The SMILES string of the molecule is CCCCCc1cc(OC(=O)Cl)c2c(c1)OC(C)(C)[C@@H]1CCC(C)=C[C@@H]21. The number of allylic oxidation sites excluding steroid dienone is 2. The third kappa shape index (κ3) is 3.93. The molecule has 1 aromatic rings. The van der Waals surface area contributed by atoms with E-state index in [2.05, 4.69) is 39.8 Å². The summed E-state index contributed by atoms with van der Waals surface area (Å²) in [6.07, 6.45) is 8.89. The molecule has 1 aliphatic carbocycles. The number of benzene rings is 1. The van der Waals surface area contributed by atoms with Crippen molar-refractivity contribution in [2.75, 3.05) is 0 Å². The Morgan fingerprint density at radius 2 is 2.12 bits per heavy atom. The molecule has 1 aliphatic heterocycles. The number of rotatable bonds is 5. The van der Waals surface area contributed by atoms with Crippen LogP contribution in [-0.2, 0) is 6.42 Å². The molecule has 4 heteroatoms. The van der Waals surface area contributed by atoms with E-state index in [-0.39, 0.29) is 11.5 Å². The molecule has 142 valence electrons. The molecule has 1 aromatic carbocycles. The summed E-state index contributed by atoms with van der Waals surface area (Å²) in [7, 11) is 0. The van der Waals surface area contributed by atoms with Gasteiger partial charge in [0.05, 0.1) is 0 Å². The summed E-state index contributed by atoms with van der Waals surface area (Å²) >= 11 is 5.58. The van der Waals surface area contributed by atoms with E-state index in [0.717, 1.165) is 42.6 Å². The number of unbranched alkanes of at least 4 members (excludes halogenated alkanes) is 2. The second-order valence-electron chi connectivity index (χ2n) is 8.19. The summed E-state index contributed by atoms with van der Waals surface area (Å²) in [6, 6.07) is 4.11. The highest BCUT2D eigenvalue weighted by molar-refractivity contribution is 6.61. The van der Waals surface area contributed by atoms with Crippen LogP contribution in [0.4, 0.5) is 4.79 Å². The Labute approximate surface area is 161 Å². The van der Waals surface area contributed by atoms with Gasteiger partial charge in [0.2, 0.25) is 0 Å². The summed E-state index contributed by atoms with van der Waals surface area (Å²) in [6.45, 7) is 8.69. The lowest BCUT2D eigenvalue weighted by Crippen LogP contribution is -2.45. The third-order valence-electron chi connectivity index (χ3n) is 5.77. The van der Waals surface area contributed by atoms with Crippen molar-refractivity contribution in [1.82, 2.24) is 0 Å². The third-order valence-corrected chi connectivity index (χ3v) is 5.85. The normalized spacial score (nSPS) is 23.3. The van der Waals surface area contributed by atoms with Crippen LogP contribution in [0.3, 0.4) is 0 Å². The summed E-state index contributed by atoms with van der Waals surface area (Å²) < 4.78 is 11.9. The van der Waals surface area contributed by atoms with Gasteiger partial charge < -0.3 is 9.47 Å². The lowest BCUT2D eigenvalue weighted by atomic mass is 9.68. The maximum Gasteiger partial charge on any atom is 0.409 e. The molecule has 0 aromatic heterocycles. The number of hydrogen-bond donors (Lipinski definition) is 0. The first-order chi connectivity index (χ1) is 12.3. The molecule has 26 heavy (non-hydrogen) atoms. The second-order valence-corrected chi connectivity index (χ2v) is 8.50. The Bertz CT molecular complexity index is 720. The Hall–Kier alpha value is -1.48. The standard InChI is InChI=1S/C22H29ClO3/c1-5-6-7-8-15-12-18(25-21(23)24)20-16-11-14(2)9-10-17(16)22(3,4)26-19(20)13-15/h11-13,16-17H,5-10H2,1-4H3/t16-,17-/m1/s1. The first kappa shape index (κ1) is 19.3. The van der Waals surface area contributed by atoms with Gasteiger partial charge in [-0.15, -0.1) is 0 Å². The van der Waals surface area contributed by atoms with Gasteiger partial charge in [-0.1, -0.05) is 31.4 Å². The van der Waals surface area contributed by atoms with Crippen LogP contribution < -0.4 is 9.47 Å². The number of halogens is 1. The van der Waals surface area contributed by atoms with E-state index in [4.69, 9.17) is 21.1 Å². The van der Waals surface area contributed by atoms with Crippen molar-refractivity contribution in [3.8, 4) is 11.5 Å². The predicted molar refractivity (Wildman–Crippen MR) is 105 cm³/mol. The van der Waals surface area contributed by atoms with Gasteiger partial charge in [-0.3, -0.25) is 0 Å². The van der Waals surface area contributed by atoms with Crippen molar-refractivity contribution in [3.63, 3.8) is 0 Å². The molecule has 0 fully saturated rings. The first-order valence-electron chi connectivity index (χ1n) is 9.72. The van der Waals surface area contributed by atoms with Crippen LogP contribution in [0.5, 0.6) is 11.5 Å². The Kier molecular flexibility index (Phi) is 5.67. The monoisotopic (exact) mass is 376 g/mol. The molecule has 0 spiro atoms. The first-order valence-corrected chi connectivity index (χ1v) is 10.1. The van der Waals surface area contributed by atoms with Crippen molar-refractivity contribution < 1.29 is 14.3 Å². The van der Waals surface area contributed by atoms with Crippen molar-refractivity contribution >= 4 is 17.0 Å². The number of hydrogen-bond acceptors (Lipinski definition) is 3. The average molecular weight is 377 g/mol. The highest BCUT2D eigenvalue weighted by Gasteiger charge is 2.45. The van der Waals surface area contributed by atoms with E-state index in [1.165, 1.54) is 18.4 Å². The highest BCUT2D eigenvalue weighted by Crippen LogP contribution is 2.53. The molecule has 0 bridgehead atoms. The number of carbonyl (C=O) groups excluding carboxylic acids is 1. The zero-order valence-corrected chi connectivity index (χ0v) is 17.0. The fourth-order valence-corrected chi connectivity index (χ4v) is 4.54. The summed E-state index contributed by atoms with van der Waals surface area (Å²) in [5, 5.41) is 0. The van der Waals surface area contributed by atoms with Gasteiger partial charge in [0.15, 0.2) is 0 Å². The van der Waals surface area contributed by atoms with E-state index >= 15 is 0 Å². The smallest absolute Gasteiger partial charge is 0.409 e. The number of ether oxygens (including phenoxy) is 2. The number of aryl methyl sites for hydroxylation is 1. The minimum atomic E-state index is -0.796. The number of fused-ring (bicyclic) bond motifs is 3. The van der Waals surface area contributed by atoms with Gasteiger partial charge >= 0.3 is 5.43 Å². The lowest BCUT2D eigenvalue weighted by molar-refractivity contribution is 0.0109. The van der Waals surface area contributed by atoms with Crippen LogP contribution in [0.1, 0.15) is 76.8 Å². The molecule has 0 unspecified atom stereocenters. The zero-order chi connectivity index (χ0) is 18.9. The molecule has 2 aliphatic rings. The summed E-state index contributed by atoms with van der Waals surface area (Å²) in [5.41, 5.74) is 2.44. The van der Waals surface area contributed by atoms with Gasteiger partial charge in [-0.05, 0) is 64.2 Å². The summed E-state index contributed by atoms with van der Waals surface area (Å²) in [5.74, 6) is 1.95. The maximum absolute atomic E-state index is 11.5. The predicted octanol–water partition coefficient (Wildman–Crippen LogP) is 6.77. The molecule has 0 saturated heterocycles. The largest absolute Gasteiger partial charge is 0.487 e. The molecule has 0 amide bonds. The molecule has 2 atom stereocenters. The molecule has 0 saturated carbocycles. The Morgan fingerprint density at radius 1 is 1.35 bits per heavy atom. The molecular weight excluding hydrogens is 348 g/mol. The lowest BCUT2D eigenvalue weighted by Gasteiger charge is -2.46. The van der Waals surface area contributed by atoms with Crippen LogP contribution in [0, 0.1) is 5.92 Å². The quantitative estimate of drug-likeness (QED) is 0.323. The van der Waals surface area contributed by atoms with E-state index < -0.39 is 5.43 Å². The Balaban J connectivity index is 2.08. The average Bonchev–Trinajstić information content (AvgIpc) is 2.53. The van der Waals surface area contributed by atoms with E-state index in [1.54, 1.807) is 0 Å². The van der Waals surface area contributed by atoms with Crippen molar-refractivity contribution in [1.29, 1.82) is 0 Å². The van der Waals surface area contributed by atoms with Crippen LogP contribution in [0.25, 0.3) is 0 Å². The fraction of sp³-hybridized carbons (Fsp3) is 0.591. The minimum Gasteiger partial charge on any atom is -0.487 e. The van der Waals surface area contributed by atoms with Crippen molar-refractivity contribution in [2.24, 2.45) is 5.92 Å². The van der Waals surface area contributed by atoms with Crippen LogP contribution >= 0.6 is 11.6 Å². The van der Waals surface area contributed by atoms with Gasteiger partial charge in [-0.2, -0.15) is 0 Å². The topological polar surface area (TPSA) is 35.5 Å². The summed E-state index contributed by atoms with van der Waals surface area (Å²) in [4.78, 5) is 11.5. The van der Waals surface area contributed by atoms with Crippen LogP contribution in [0.2, 0.25) is 0 Å². The molecule has 3 nitrogen and oxygen atoms in total. The number of carbonyl (C=O) groups is 1. The fourth-order valence-electron chi connectivity index (χ4n) is 4.46. The zero-order valence-electron chi connectivity index (χ0n) is 16.2. The van der Waals surface area contributed by atoms with Gasteiger partial charge in [0.1, 0.15) is 17.1 Å². The molecular formula is C22H29ClO3. The molecule has 0 N–H and O–H groups in total. The molecule has 1 heterocycles. The van der Waals surface area contributed by atoms with Crippen LogP contribution in [-0.4, -0.2) is 11.0 Å². The van der Waals surface area contributed by atoms with Crippen LogP contribution in [0.15, 0.2) is 23.8 Å². The van der Waals surface area contributed by atoms with Crippen molar-refractivity contribution in [2.45, 2.75) is 77.7 Å². The van der Waals surface area contributed by atoms with Crippen molar-refractivity contribution in [3.05, 3.63) is 34.9 Å². The minimum absolute atomic E-state index is 0.193.